The monoisotopic (exact) mass is 380 g/mol. The quantitative estimate of drug-likeness (QED) is 0.877. The average Bonchev–Trinajstić information content (AvgIpc) is 3.34. The smallest absolute Gasteiger partial charge is 0.255 e. The van der Waals surface area contributed by atoms with Crippen LogP contribution >= 0.6 is 0 Å². The van der Waals surface area contributed by atoms with E-state index in [1.54, 1.807) is 6.92 Å². The first-order chi connectivity index (χ1) is 13.6. The lowest BCUT2D eigenvalue weighted by Crippen LogP contribution is -2.38. The molecule has 28 heavy (non-hydrogen) atoms. The number of anilines is 1. The minimum absolute atomic E-state index is 0.00400. The molecule has 1 N–H and O–H groups in total. The highest BCUT2D eigenvalue weighted by Crippen LogP contribution is 2.39. The molecular formula is C21H24N4O3. The van der Waals surface area contributed by atoms with E-state index in [1.165, 1.54) is 12.8 Å². The Balaban J connectivity index is 1.29. The van der Waals surface area contributed by atoms with E-state index in [9.17, 15) is 9.59 Å². The Hall–Kier alpha value is -2.70. The maximum absolute atomic E-state index is 12.9. The maximum Gasteiger partial charge on any atom is 0.255 e. The third-order valence-corrected chi connectivity index (χ3v) is 5.94. The molecule has 1 unspecified atom stereocenters. The van der Waals surface area contributed by atoms with Crippen LogP contribution in [0.4, 0.5) is 5.95 Å². The Morgan fingerprint density at radius 1 is 1.29 bits per heavy atom. The van der Waals surface area contributed by atoms with Crippen LogP contribution in [0, 0.1) is 6.92 Å². The van der Waals surface area contributed by atoms with Crippen molar-refractivity contribution in [2.45, 2.75) is 57.4 Å². The average molecular weight is 380 g/mol. The van der Waals surface area contributed by atoms with Crippen LogP contribution in [-0.2, 0) is 6.42 Å². The van der Waals surface area contributed by atoms with Crippen LogP contribution in [-0.4, -0.2) is 40.8 Å². The Kier molecular flexibility index (Phi) is 4.18. The van der Waals surface area contributed by atoms with Crippen molar-refractivity contribution >= 4 is 17.6 Å². The summed E-state index contributed by atoms with van der Waals surface area (Å²) in [6.07, 6.45) is 7.07. The number of hydrogen-bond acceptors (Lipinski definition) is 6. The molecule has 2 aromatic heterocycles. The Morgan fingerprint density at radius 3 is 2.96 bits per heavy atom. The van der Waals surface area contributed by atoms with E-state index in [2.05, 4.69) is 15.2 Å². The second-order valence-electron chi connectivity index (χ2n) is 8.07. The van der Waals surface area contributed by atoms with Gasteiger partial charge < -0.3 is 14.6 Å². The molecule has 3 heterocycles. The van der Waals surface area contributed by atoms with Gasteiger partial charge in [-0.15, -0.1) is 0 Å². The van der Waals surface area contributed by atoms with Gasteiger partial charge in [0.15, 0.2) is 5.78 Å². The SMILES string of the molecule is Cc1oc2c(c1C(=O)NC1CCN(c3nccc(C4CC4)n3)C1)C(=O)CCC2. The highest BCUT2D eigenvalue weighted by molar-refractivity contribution is 6.10. The number of ketones is 1. The molecule has 3 aliphatic rings. The third kappa shape index (κ3) is 3.08. The highest BCUT2D eigenvalue weighted by Gasteiger charge is 2.33. The number of furan rings is 1. The zero-order chi connectivity index (χ0) is 19.3. The number of carbonyl (C=O) groups is 2. The molecule has 2 aromatic rings. The molecule has 2 fully saturated rings. The number of carbonyl (C=O) groups excluding carboxylic acids is 2. The molecule has 0 radical (unpaired) electrons. The molecule has 7 nitrogen and oxygen atoms in total. The fourth-order valence-corrected chi connectivity index (χ4v) is 4.32. The molecule has 2 aliphatic carbocycles. The number of nitrogens with one attached hydrogen (secondary N) is 1. The van der Waals surface area contributed by atoms with Gasteiger partial charge in [-0.25, -0.2) is 9.97 Å². The van der Waals surface area contributed by atoms with Crippen molar-refractivity contribution in [2.24, 2.45) is 0 Å². The summed E-state index contributed by atoms with van der Waals surface area (Å²) in [5.74, 6) is 2.34. The van der Waals surface area contributed by atoms with Crippen LogP contribution in [0.1, 0.15) is 76.0 Å². The Labute approximate surface area is 163 Å². The minimum atomic E-state index is -0.211. The highest BCUT2D eigenvalue weighted by atomic mass is 16.3. The van der Waals surface area contributed by atoms with Crippen LogP contribution in [0.2, 0.25) is 0 Å². The normalized spacial score (nSPS) is 21.7. The number of aromatic nitrogens is 2. The van der Waals surface area contributed by atoms with Crippen molar-refractivity contribution in [1.82, 2.24) is 15.3 Å². The lowest BCUT2D eigenvalue weighted by atomic mass is 9.93. The molecule has 0 aromatic carbocycles. The lowest BCUT2D eigenvalue weighted by Gasteiger charge is -2.18. The van der Waals surface area contributed by atoms with E-state index >= 15 is 0 Å². The van der Waals surface area contributed by atoms with Gasteiger partial charge in [-0.3, -0.25) is 9.59 Å². The predicted octanol–water partition coefficient (Wildman–Crippen LogP) is 2.78. The number of nitrogens with zero attached hydrogens (tertiary/aromatic N) is 3. The van der Waals surface area contributed by atoms with Gasteiger partial charge in [-0.05, 0) is 38.7 Å². The summed E-state index contributed by atoms with van der Waals surface area (Å²) >= 11 is 0. The summed E-state index contributed by atoms with van der Waals surface area (Å²) in [7, 11) is 0. The fraction of sp³-hybridized carbons (Fsp3) is 0.524. The third-order valence-electron chi connectivity index (χ3n) is 5.94. The maximum atomic E-state index is 12.9. The lowest BCUT2D eigenvalue weighted by molar-refractivity contribution is 0.0918. The molecule has 1 amide bonds. The molecule has 1 saturated heterocycles. The van der Waals surface area contributed by atoms with Gasteiger partial charge in [-0.1, -0.05) is 0 Å². The van der Waals surface area contributed by atoms with E-state index in [0.717, 1.165) is 37.4 Å². The van der Waals surface area contributed by atoms with Crippen molar-refractivity contribution in [1.29, 1.82) is 0 Å². The molecule has 0 bridgehead atoms. The molecule has 5 rings (SSSR count). The minimum Gasteiger partial charge on any atom is -0.465 e. The van der Waals surface area contributed by atoms with Crippen molar-refractivity contribution in [2.75, 3.05) is 18.0 Å². The van der Waals surface area contributed by atoms with Gasteiger partial charge in [0, 0.05) is 49.8 Å². The second kappa shape index (κ2) is 6.72. The number of rotatable bonds is 4. The number of aryl methyl sites for hydroxylation is 2. The van der Waals surface area contributed by atoms with Crippen LogP contribution < -0.4 is 10.2 Å². The fourth-order valence-electron chi connectivity index (χ4n) is 4.32. The van der Waals surface area contributed by atoms with Gasteiger partial charge in [-0.2, -0.15) is 0 Å². The van der Waals surface area contributed by atoms with Crippen LogP contribution in [0.3, 0.4) is 0 Å². The van der Waals surface area contributed by atoms with E-state index in [1.807, 2.05) is 12.3 Å². The molecule has 1 atom stereocenters. The van der Waals surface area contributed by atoms with Crippen molar-refractivity contribution in [3.05, 3.63) is 40.6 Å². The van der Waals surface area contributed by atoms with Gasteiger partial charge in [0.05, 0.1) is 11.1 Å². The standard InChI is InChI=1S/C21H24N4O3/c1-12-18(19-16(26)3-2-4-17(19)28-12)20(27)23-14-8-10-25(11-14)21-22-9-7-15(24-21)13-5-6-13/h7,9,13-14H,2-6,8,10-11H2,1H3,(H,23,27). The summed E-state index contributed by atoms with van der Waals surface area (Å²) in [5, 5.41) is 3.09. The molecule has 0 spiro atoms. The molecule has 1 saturated carbocycles. The summed E-state index contributed by atoms with van der Waals surface area (Å²) in [6.45, 7) is 3.24. The molecular weight excluding hydrogens is 356 g/mol. The molecule has 7 heteroatoms. The summed E-state index contributed by atoms with van der Waals surface area (Å²) in [4.78, 5) is 36.5. The van der Waals surface area contributed by atoms with Crippen molar-refractivity contribution in [3.8, 4) is 0 Å². The zero-order valence-electron chi connectivity index (χ0n) is 16.0. The summed E-state index contributed by atoms with van der Waals surface area (Å²) < 4.78 is 5.71. The largest absolute Gasteiger partial charge is 0.465 e. The number of amides is 1. The van der Waals surface area contributed by atoms with E-state index < -0.39 is 0 Å². The van der Waals surface area contributed by atoms with Crippen LogP contribution in [0.5, 0.6) is 0 Å². The van der Waals surface area contributed by atoms with E-state index in [4.69, 9.17) is 9.40 Å². The van der Waals surface area contributed by atoms with Crippen molar-refractivity contribution in [3.63, 3.8) is 0 Å². The predicted molar refractivity (Wildman–Crippen MR) is 103 cm³/mol. The molecule has 1 aliphatic heterocycles. The molecule has 146 valence electrons. The van der Waals surface area contributed by atoms with Crippen molar-refractivity contribution < 1.29 is 14.0 Å². The first kappa shape index (κ1) is 17.4. The topological polar surface area (TPSA) is 88.3 Å². The van der Waals surface area contributed by atoms with Gasteiger partial charge in [0.1, 0.15) is 11.5 Å². The van der Waals surface area contributed by atoms with E-state index in [-0.39, 0.29) is 17.7 Å². The van der Waals surface area contributed by atoms with Gasteiger partial charge >= 0.3 is 0 Å². The first-order valence-electron chi connectivity index (χ1n) is 10.1. The Bertz CT molecular complexity index is 947. The number of Topliss-reactive ketones (excluding diaryl/α,β-unsaturated/α-hetero) is 1. The summed E-state index contributed by atoms with van der Waals surface area (Å²) in [5.41, 5.74) is 2.04. The van der Waals surface area contributed by atoms with Gasteiger partial charge in [0.25, 0.3) is 5.91 Å². The summed E-state index contributed by atoms with van der Waals surface area (Å²) in [6, 6.07) is 2.00. The Morgan fingerprint density at radius 2 is 2.14 bits per heavy atom. The second-order valence-corrected chi connectivity index (χ2v) is 8.07. The van der Waals surface area contributed by atoms with Gasteiger partial charge in [0.2, 0.25) is 5.95 Å². The number of hydrogen-bond donors (Lipinski definition) is 1. The first-order valence-corrected chi connectivity index (χ1v) is 10.1. The number of fused-ring (bicyclic) bond motifs is 1. The van der Waals surface area contributed by atoms with E-state index in [0.29, 0.717) is 41.5 Å². The van der Waals surface area contributed by atoms with Crippen LogP contribution in [0.25, 0.3) is 0 Å². The zero-order valence-corrected chi connectivity index (χ0v) is 16.0. The van der Waals surface area contributed by atoms with Crippen LogP contribution in [0.15, 0.2) is 16.7 Å².